The Hall–Kier alpha value is -2.19. The number of carbonyl (C=O) groups is 2. The van der Waals surface area contributed by atoms with Crippen LogP contribution in [0.1, 0.15) is 12.8 Å². The number of amides is 2. The minimum atomic E-state index is -4.58. The lowest BCUT2D eigenvalue weighted by Gasteiger charge is -2.29. The zero-order valence-electron chi connectivity index (χ0n) is 11.0. The number of alkyl halides is 3. The van der Waals surface area contributed by atoms with Gasteiger partial charge in [-0.25, -0.2) is 8.78 Å². The van der Waals surface area contributed by atoms with E-state index >= 15 is 0 Å². The maximum atomic E-state index is 13.4. The molecule has 0 saturated carbocycles. The van der Waals surface area contributed by atoms with E-state index in [0.717, 1.165) is 12.1 Å². The van der Waals surface area contributed by atoms with Crippen molar-refractivity contribution in [2.45, 2.75) is 25.1 Å². The van der Waals surface area contributed by atoms with Crippen LogP contribution in [-0.4, -0.2) is 24.0 Å². The van der Waals surface area contributed by atoms with Crippen LogP contribution < -0.4 is 10.6 Å². The van der Waals surface area contributed by atoms with Crippen LogP contribution in [-0.2, 0) is 9.59 Å². The first-order chi connectivity index (χ1) is 10.2. The van der Waals surface area contributed by atoms with Gasteiger partial charge in [0.2, 0.25) is 11.8 Å². The van der Waals surface area contributed by atoms with Gasteiger partial charge < -0.3 is 10.6 Å². The molecular weight excluding hydrogens is 311 g/mol. The van der Waals surface area contributed by atoms with Crippen LogP contribution in [0.15, 0.2) is 18.2 Å². The van der Waals surface area contributed by atoms with Crippen LogP contribution in [0.5, 0.6) is 0 Å². The maximum Gasteiger partial charge on any atom is 0.408 e. The van der Waals surface area contributed by atoms with Crippen LogP contribution in [0.4, 0.5) is 27.6 Å². The highest BCUT2D eigenvalue weighted by molar-refractivity contribution is 6.06. The van der Waals surface area contributed by atoms with Gasteiger partial charge in [0, 0.05) is 6.07 Å². The van der Waals surface area contributed by atoms with E-state index in [2.05, 4.69) is 5.32 Å². The molecular formula is C13H11F5N2O2. The maximum absolute atomic E-state index is 13.4. The minimum absolute atomic E-state index is 0.315. The Morgan fingerprint density at radius 2 is 1.91 bits per heavy atom. The molecule has 1 aliphatic heterocycles. The summed E-state index contributed by atoms with van der Waals surface area (Å²) in [6.07, 6.45) is -5.34. The van der Waals surface area contributed by atoms with E-state index < -0.39 is 48.0 Å². The Kier molecular flexibility index (Phi) is 4.34. The lowest BCUT2D eigenvalue weighted by atomic mass is 9.92. The lowest BCUT2D eigenvalue weighted by molar-refractivity contribution is -0.170. The van der Waals surface area contributed by atoms with Crippen molar-refractivity contribution in [3.8, 4) is 0 Å². The summed E-state index contributed by atoms with van der Waals surface area (Å²) in [6.45, 7) is 0. The molecule has 1 heterocycles. The molecule has 0 aromatic heterocycles. The SMILES string of the molecule is O=C(Nc1ccc(F)cc1F)[C@H]1CC[C@@H](C(F)(F)F)NC1=O. The number of carbonyl (C=O) groups excluding carboxylic acids is 2. The molecule has 2 atom stereocenters. The van der Waals surface area contributed by atoms with E-state index in [1.54, 1.807) is 5.32 Å². The van der Waals surface area contributed by atoms with Crippen LogP contribution in [0.2, 0.25) is 0 Å². The van der Waals surface area contributed by atoms with E-state index in [-0.39, 0.29) is 12.1 Å². The number of nitrogens with one attached hydrogen (secondary N) is 2. The molecule has 1 aromatic rings. The minimum Gasteiger partial charge on any atom is -0.344 e. The van der Waals surface area contributed by atoms with Gasteiger partial charge in [0.1, 0.15) is 23.6 Å². The summed E-state index contributed by atoms with van der Waals surface area (Å²) in [6, 6.07) is 0.406. The predicted octanol–water partition coefficient (Wildman–Crippen LogP) is 2.36. The Bertz CT molecular complexity index is 603. The first-order valence-corrected chi connectivity index (χ1v) is 6.31. The molecule has 2 amide bonds. The second kappa shape index (κ2) is 5.90. The molecule has 0 aliphatic carbocycles. The summed E-state index contributed by atoms with van der Waals surface area (Å²) in [5.41, 5.74) is -0.350. The number of benzene rings is 1. The summed E-state index contributed by atoms with van der Waals surface area (Å²) in [7, 11) is 0. The largest absolute Gasteiger partial charge is 0.408 e. The third-order valence-corrected chi connectivity index (χ3v) is 3.28. The van der Waals surface area contributed by atoms with E-state index in [0.29, 0.717) is 6.07 Å². The second-order valence-corrected chi connectivity index (χ2v) is 4.85. The number of piperidine rings is 1. The summed E-state index contributed by atoms with van der Waals surface area (Å²) < 4.78 is 63.6. The van der Waals surface area contributed by atoms with Gasteiger partial charge in [-0.3, -0.25) is 9.59 Å². The molecule has 1 aliphatic rings. The van der Waals surface area contributed by atoms with E-state index in [4.69, 9.17) is 0 Å². The molecule has 0 unspecified atom stereocenters. The van der Waals surface area contributed by atoms with Gasteiger partial charge in [0.25, 0.3) is 0 Å². The first-order valence-electron chi connectivity index (χ1n) is 6.31. The normalized spacial score (nSPS) is 22.1. The average Bonchev–Trinajstić information content (AvgIpc) is 2.40. The van der Waals surface area contributed by atoms with Gasteiger partial charge in [-0.15, -0.1) is 0 Å². The van der Waals surface area contributed by atoms with Crippen LogP contribution in [0, 0.1) is 17.6 Å². The van der Waals surface area contributed by atoms with E-state index in [1.165, 1.54) is 0 Å². The number of hydrogen-bond acceptors (Lipinski definition) is 2. The van der Waals surface area contributed by atoms with Crippen molar-refractivity contribution in [3.63, 3.8) is 0 Å². The molecule has 0 bridgehead atoms. The number of anilines is 1. The van der Waals surface area contributed by atoms with Crippen molar-refractivity contribution >= 4 is 17.5 Å². The zero-order valence-corrected chi connectivity index (χ0v) is 11.0. The van der Waals surface area contributed by atoms with Crippen molar-refractivity contribution in [1.82, 2.24) is 5.32 Å². The third kappa shape index (κ3) is 3.52. The van der Waals surface area contributed by atoms with Crippen LogP contribution in [0.25, 0.3) is 0 Å². The fraction of sp³-hybridized carbons (Fsp3) is 0.385. The van der Waals surface area contributed by atoms with Gasteiger partial charge in [-0.2, -0.15) is 13.2 Å². The van der Waals surface area contributed by atoms with Crippen molar-refractivity contribution in [1.29, 1.82) is 0 Å². The monoisotopic (exact) mass is 322 g/mol. The summed E-state index contributed by atoms with van der Waals surface area (Å²) in [4.78, 5) is 23.5. The molecule has 22 heavy (non-hydrogen) atoms. The quantitative estimate of drug-likeness (QED) is 0.649. The molecule has 9 heteroatoms. The van der Waals surface area contributed by atoms with Gasteiger partial charge in [-0.1, -0.05) is 0 Å². The molecule has 0 spiro atoms. The van der Waals surface area contributed by atoms with Crippen molar-refractivity contribution in [3.05, 3.63) is 29.8 Å². The molecule has 1 saturated heterocycles. The fourth-order valence-corrected chi connectivity index (χ4v) is 2.12. The van der Waals surface area contributed by atoms with Gasteiger partial charge >= 0.3 is 6.18 Å². The topological polar surface area (TPSA) is 58.2 Å². The zero-order chi connectivity index (χ0) is 16.5. The van der Waals surface area contributed by atoms with Gasteiger partial charge in [0.15, 0.2) is 0 Å². The molecule has 4 nitrogen and oxygen atoms in total. The summed E-state index contributed by atoms with van der Waals surface area (Å²) in [5.74, 6) is -5.27. The Morgan fingerprint density at radius 3 is 2.45 bits per heavy atom. The highest BCUT2D eigenvalue weighted by atomic mass is 19.4. The molecule has 0 radical (unpaired) electrons. The van der Waals surface area contributed by atoms with Crippen molar-refractivity contribution in [2.24, 2.45) is 5.92 Å². The molecule has 2 rings (SSSR count). The summed E-state index contributed by atoms with van der Waals surface area (Å²) >= 11 is 0. The van der Waals surface area contributed by atoms with Crippen LogP contribution >= 0.6 is 0 Å². The van der Waals surface area contributed by atoms with Crippen molar-refractivity contribution in [2.75, 3.05) is 5.32 Å². The third-order valence-electron chi connectivity index (χ3n) is 3.28. The van der Waals surface area contributed by atoms with Crippen LogP contribution in [0.3, 0.4) is 0 Å². The standard InChI is InChI=1S/C13H11F5N2O2/c14-6-1-3-9(8(15)5-6)19-11(21)7-2-4-10(13(16,17)18)20-12(7)22/h1,3,5,7,10H,2,4H2,(H,19,21)(H,20,22)/t7-,10+/m1/s1. The summed E-state index contributed by atoms with van der Waals surface area (Å²) in [5, 5.41) is 3.79. The Morgan fingerprint density at radius 1 is 1.23 bits per heavy atom. The predicted molar refractivity (Wildman–Crippen MR) is 65.7 cm³/mol. The number of rotatable bonds is 2. The molecule has 1 fully saturated rings. The smallest absolute Gasteiger partial charge is 0.344 e. The Balaban J connectivity index is 2.03. The van der Waals surface area contributed by atoms with E-state index in [9.17, 15) is 31.5 Å². The molecule has 120 valence electrons. The lowest BCUT2D eigenvalue weighted by Crippen LogP contribution is -2.53. The second-order valence-electron chi connectivity index (χ2n) is 4.85. The highest BCUT2D eigenvalue weighted by Crippen LogP contribution is 2.29. The molecule has 2 N–H and O–H groups in total. The fourth-order valence-electron chi connectivity index (χ4n) is 2.12. The van der Waals surface area contributed by atoms with Gasteiger partial charge in [0.05, 0.1) is 5.69 Å². The first kappa shape index (κ1) is 16.2. The Labute approximate surface area is 121 Å². The van der Waals surface area contributed by atoms with E-state index in [1.807, 2.05) is 0 Å². The number of halogens is 5. The van der Waals surface area contributed by atoms with Crippen molar-refractivity contribution < 1.29 is 31.5 Å². The van der Waals surface area contributed by atoms with Gasteiger partial charge in [-0.05, 0) is 25.0 Å². The number of hydrogen-bond donors (Lipinski definition) is 2. The molecule has 1 aromatic carbocycles. The average molecular weight is 322 g/mol. The highest BCUT2D eigenvalue weighted by Gasteiger charge is 2.45.